The van der Waals surface area contributed by atoms with Crippen LogP contribution in [0.5, 0.6) is 0 Å². The zero-order valence-electron chi connectivity index (χ0n) is 7.04. The molecule has 0 rings (SSSR count). The third kappa shape index (κ3) is 7.06. The molecule has 0 fully saturated rings. The van der Waals surface area contributed by atoms with Crippen molar-refractivity contribution < 1.29 is 9.53 Å². The lowest BCUT2D eigenvalue weighted by Gasteiger charge is -2.04. The first-order chi connectivity index (χ1) is 5.16. The van der Waals surface area contributed by atoms with E-state index in [1.807, 2.05) is 13.8 Å². The molecule has 0 heterocycles. The Morgan fingerprint density at radius 1 is 1.73 bits per heavy atom. The van der Waals surface area contributed by atoms with Crippen LogP contribution >= 0.6 is 0 Å². The van der Waals surface area contributed by atoms with Crippen molar-refractivity contribution in [3.63, 3.8) is 0 Å². The summed E-state index contributed by atoms with van der Waals surface area (Å²) in [6.07, 6.45) is 1.17. The molecule has 0 aliphatic rings. The summed E-state index contributed by atoms with van der Waals surface area (Å²) in [5.41, 5.74) is 0. The van der Waals surface area contributed by atoms with Crippen LogP contribution in [0.15, 0.2) is 12.7 Å². The molecule has 0 bridgehead atoms. The number of carbonyl (C=O) groups is 1. The van der Waals surface area contributed by atoms with Crippen molar-refractivity contribution >= 4 is 5.91 Å². The average Bonchev–Trinajstić information content (AvgIpc) is 1.97. The highest BCUT2D eigenvalue weighted by Crippen LogP contribution is 1.90. The van der Waals surface area contributed by atoms with E-state index in [1.54, 1.807) is 0 Å². The predicted molar refractivity (Wildman–Crippen MR) is 43.0 cm³/mol. The van der Waals surface area contributed by atoms with Gasteiger partial charge in [-0.25, -0.2) is 5.32 Å². The van der Waals surface area contributed by atoms with E-state index in [0.717, 1.165) is 0 Å². The van der Waals surface area contributed by atoms with E-state index in [4.69, 9.17) is 4.74 Å². The molecule has 63 valence electrons. The fourth-order valence-electron chi connectivity index (χ4n) is 0.462. The molecule has 11 heavy (non-hydrogen) atoms. The van der Waals surface area contributed by atoms with Crippen molar-refractivity contribution in [3.8, 4) is 0 Å². The van der Waals surface area contributed by atoms with Gasteiger partial charge < -0.3 is 4.74 Å². The van der Waals surface area contributed by atoms with Crippen molar-refractivity contribution in [1.29, 1.82) is 0 Å². The van der Waals surface area contributed by atoms with Crippen LogP contribution in [0.3, 0.4) is 0 Å². The minimum absolute atomic E-state index is 0.142. The van der Waals surface area contributed by atoms with Crippen LogP contribution in [0, 0.1) is 5.92 Å². The van der Waals surface area contributed by atoms with Gasteiger partial charge in [0.05, 0.1) is 6.61 Å². The highest BCUT2D eigenvalue weighted by atomic mass is 16.5. The Morgan fingerprint density at radius 2 is 2.36 bits per heavy atom. The molecule has 0 aromatic rings. The van der Waals surface area contributed by atoms with Crippen LogP contribution < -0.4 is 5.32 Å². The number of hydrogen-bond acceptors (Lipinski definition) is 2. The average molecular weight is 156 g/mol. The van der Waals surface area contributed by atoms with Crippen molar-refractivity contribution in [3.05, 3.63) is 12.7 Å². The Balaban J connectivity index is 3.14. The molecule has 0 saturated carbocycles. The Morgan fingerprint density at radius 3 is 2.82 bits per heavy atom. The summed E-state index contributed by atoms with van der Waals surface area (Å²) in [4.78, 5) is 10.5. The van der Waals surface area contributed by atoms with Gasteiger partial charge in [-0.1, -0.05) is 20.4 Å². The molecule has 0 aromatic carbocycles. The van der Waals surface area contributed by atoms with Crippen LogP contribution in [0.25, 0.3) is 0 Å². The number of ether oxygens (including phenoxy) is 1. The van der Waals surface area contributed by atoms with Gasteiger partial charge in [0.15, 0.2) is 0 Å². The van der Waals surface area contributed by atoms with Gasteiger partial charge >= 0.3 is 0 Å². The Hall–Kier alpha value is -0.830. The summed E-state index contributed by atoms with van der Waals surface area (Å²) in [5.74, 6) is 0.151. The van der Waals surface area contributed by atoms with E-state index in [-0.39, 0.29) is 12.6 Å². The van der Waals surface area contributed by atoms with Crippen LogP contribution in [0.1, 0.15) is 13.8 Å². The van der Waals surface area contributed by atoms with Gasteiger partial charge in [-0.2, -0.15) is 0 Å². The smallest absolute Gasteiger partial charge is 0.266 e. The van der Waals surface area contributed by atoms with Crippen LogP contribution in [0.4, 0.5) is 0 Å². The Bertz CT molecular complexity index is 132. The summed E-state index contributed by atoms with van der Waals surface area (Å²) in [5, 5.41) is 3.54. The van der Waals surface area contributed by atoms with Gasteiger partial charge in [-0.3, -0.25) is 4.79 Å². The molecule has 0 aliphatic carbocycles. The second-order valence-electron chi connectivity index (χ2n) is 2.59. The molecule has 0 aromatic heterocycles. The Labute approximate surface area is 67.4 Å². The maximum Gasteiger partial charge on any atom is 0.266 e. The van der Waals surface area contributed by atoms with Crippen LogP contribution in [-0.2, 0) is 9.53 Å². The minimum atomic E-state index is -0.325. The quantitative estimate of drug-likeness (QED) is 0.439. The van der Waals surface area contributed by atoms with Gasteiger partial charge in [0.1, 0.15) is 6.73 Å². The maximum atomic E-state index is 10.5. The van der Waals surface area contributed by atoms with E-state index in [1.165, 1.54) is 6.08 Å². The normalized spacial score (nSPS) is 9.73. The summed E-state index contributed by atoms with van der Waals surface area (Å²) < 4.78 is 5.03. The van der Waals surface area contributed by atoms with Crippen molar-refractivity contribution in [2.75, 3.05) is 13.3 Å². The SMILES string of the molecule is C=CC(=O)[N]COCC(C)C. The lowest BCUT2D eigenvalue weighted by molar-refractivity contribution is -0.118. The molecule has 0 atom stereocenters. The molecule has 3 nitrogen and oxygen atoms in total. The summed E-state index contributed by atoms with van der Waals surface area (Å²) in [6.45, 7) is 8.12. The third-order valence-corrected chi connectivity index (χ3v) is 0.937. The number of rotatable bonds is 5. The molecule has 0 spiro atoms. The number of nitrogens with zero attached hydrogens (tertiary/aromatic N) is 1. The molecular formula is C8H14NO2. The van der Waals surface area contributed by atoms with Crippen molar-refractivity contribution in [1.82, 2.24) is 5.32 Å². The zero-order chi connectivity index (χ0) is 8.69. The molecule has 1 radical (unpaired) electrons. The fourth-order valence-corrected chi connectivity index (χ4v) is 0.462. The highest BCUT2D eigenvalue weighted by molar-refractivity contribution is 5.86. The summed E-state index contributed by atoms with van der Waals surface area (Å²) in [7, 11) is 0. The van der Waals surface area contributed by atoms with Crippen molar-refractivity contribution in [2.24, 2.45) is 5.92 Å². The molecular weight excluding hydrogens is 142 g/mol. The lowest BCUT2D eigenvalue weighted by Crippen LogP contribution is -2.17. The van der Waals surface area contributed by atoms with E-state index >= 15 is 0 Å². The standard InChI is InChI=1S/C8H14NO2/c1-4-8(10)9-6-11-5-7(2)3/h4,7H,1,5-6H2,2-3H3. The maximum absolute atomic E-state index is 10.5. The summed E-state index contributed by atoms with van der Waals surface area (Å²) in [6, 6.07) is 0. The van der Waals surface area contributed by atoms with Gasteiger partial charge in [-0.05, 0) is 12.0 Å². The highest BCUT2D eigenvalue weighted by Gasteiger charge is 1.96. The second-order valence-corrected chi connectivity index (χ2v) is 2.59. The largest absolute Gasteiger partial charge is 0.359 e. The molecule has 0 N–H and O–H groups in total. The second kappa shape index (κ2) is 5.92. The van der Waals surface area contributed by atoms with E-state index in [9.17, 15) is 4.79 Å². The van der Waals surface area contributed by atoms with Gasteiger partial charge in [-0.15, -0.1) is 0 Å². The van der Waals surface area contributed by atoms with E-state index in [0.29, 0.717) is 12.5 Å². The number of hydrogen-bond donors (Lipinski definition) is 0. The molecule has 0 saturated heterocycles. The summed E-state index contributed by atoms with van der Waals surface area (Å²) >= 11 is 0. The minimum Gasteiger partial charge on any atom is -0.359 e. The molecule has 3 heteroatoms. The van der Waals surface area contributed by atoms with Crippen molar-refractivity contribution in [2.45, 2.75) is 13.8 Å². The van der Waals surface area contributed by atoms with E-state index < -0.39 is 0 Å². The number of carbonyl (C=O) groups excluding carboxylic acids is 1. The topological polar surface area (TPSA) is 40.4 Å². The Kier molecular flexibility index (Phi) is 5.47. The van der Waals surface area contributed by atoms with Gasteiger partial charge in [0.2, 0.25) is 0 Å². The number of amides is 1. The first kappa shape index (κ1) is 10.2. The monoisotopic (exact) mass is 156 g/mol. The molecule has 0 unspecified atom stereocenters. The zero-order valence-corrected chi connectivity index (χ0v) is 7.04. The van der Waals surface area contributed by atoms with Crippen LogP contribution in [-0.4, -0.2) is 19.2 Å². The fraction of sp³-hybridized carbons (Fsp3) is 0.625. The van der Waals surface area contributed by atoms with Crippen LogP contribution in [0.2, 0.25) is 0 Å². The lowest BCUT2D eigenvalue weighted by atomic mass is 10.2. The van der Waals surface area contributed by atoms with E-state index in [2.05, 4.69) is 11.9 Å². The predicted octanol–water partition coefficient (Wildman–Crippen LogP) is 0.933. The van der Waals surface area contributed by atoms with Gasteiger partial charge in [0.25, 0.3) is 5.91 Å². The van der Waals surface area contributed by atoms with Gasteiger partial charge in [0, 0.05) is 0 Å². The third-order valence-electron chi connectivity index (χ3n) is 0.937. The first-order valence-corrected chi connectivity index (χ1v) is 3.58. The molecule has 1 amide bonds. The molecule has 0 aliphatic heterocycles. The first-order valence-electron chi connectivity index (χ1n) is 3.58.